The maximum atomic E-state index is 12.4. The molecular formula is C17H28N2O5S2. The van der Waals surface area contributed by atoms with Gasteiger partial charge in [0.15, 0.2) is 9.84 Å². The second kappa shape index (κ2) is 10.0. The summed E-state index contributed by atoms with van der Waals surface area (Å²) < 4.78 is 48.9. The third-order valence-corrected chi connectivity index (χ3v) is 7.85. The molecule has 0 aromatic heterocycles. The quantitative estimate of drug-likeness (QED) is 0.597. The Morgan fingerprint density at radius 2 is 1.58 bits per heavy atom. The zero-order chi connectivity index (χ0) is 19.8. The van der Waals surface area contributed by atoms with Crippen LogP contribution in [0.3, 0.4) is 0 Å². The molecule has 26 heavy (non-hydrogen) atoms. The third kappa shape index (κ3) is 6.69. The Balaban J connectivity index is 2.56. The summed E-state index contributed by atoms with van der Waals surface area (Å²) in [6.45, 7) is 6.08. The minimum atomic E-state index is -3.48. The molecule has 1 rings (SSSR count). The van der Waals surface area contributed by atoms with Crippen LogP contribution < -0.4 is 5.32 Å². The van der Waals surface area contributed by atoms with Gasteiger partial charge in [0.2, 0.25) is 15.9 Å². The van der Waals surface area contributed by atoms with Crippen molar-refractivity contribution in [1.29, 1.82) is 0 Å². The summed E-state index contributed by atoms with van der Waals surface area (Å²) in [7, 11) is -6.57. The van der Waals surface area contributed by atoms with E-state index in [-0.39, 0.29) is 35.3 Å². The molecule has 0 saturated heterocycles. The lowest BCUT2D eigenvalue weighted by atomic mass is 10.1. The van der Waals surface area contributed by atoms with Gasteiger partial charge in [0.25, 0.3) is 0 Å². The monoisotopic (exact) mass is 404 g/mol. The number of benzene rings is 1. The number of amides is 1. The van der Waals surface area contributed by atoms with E-state index >= 15 is 0 Å². The molecule has 0 aliphatic heterocycles. The van der Waals surface area contributed by atoms with Gasteiger partial charge in [-0.15, -0.1) is 0 Å². The Labute approximate surface area is 156 Å². The zero-order valence-electron chi connectivity index (χ0n) is 15.6. The van der Waals surface area contributed by atoms with E-state index in [0.29, 0.717) is 19.5 Å². The highest BCUT2D eigenvalue weighted by Crippen LogP contribution is 2.16. The van der Waals surface area contributed by atoms with Crippen molar-refractivity contribution in [3.05, 3.63) is 29.8 Å². The van der Waals surface area contributed by atoms with Crippen LogP contribution >= 0.6 is 0 Å². The van der Waals surface area contributed by atoms with Crippen molar-refractivity contribution >= 4 is 25.8 Å². The number of rotatable bonds is 11. The second-order valence-electron chi connectivity index (χ2n) is 5.82. The summed E-state index contributed by atoms with van der Waals surface area (Å²) in [5.41, 5.74) is 0.847. The van der Waals surface area contributed by atoms with Crippen LogP contribution in [0, 0.1) is 0 Å². The van der Waals surface area contributed by atoms with Crippen molar-refractivity contribution in [2.75, 3.05) is 31.1 Å². The van der Waals surface area contributed by atoms with Gasteiger partial charge in [-0.25, -0.2) is 16.8 Å². The minimum absolute atomic E-state index is 0.0611. The van der Waals surface area contributed by atoms with E-state index in [0.717, 1.165) is 5.56 Å². The Bertz CT molecular complexity index is 783. The molecule has 1 N–H and O–H groups in total. The molecule has 148 valence electrons. The van der Waals surface area contributed by atoms with Gasteiger partial charge < -0.3 is 5.32 Å². The van der Waals surface area contributed by atoms with E-state index in [9.17, 15) is 21.6 Å². The van der Waals surface area contributed by atoms with E-state index in [1.54, 1.807) is 45.0 Å². The fourth-order valence-corrected chi connectivity index (χ4v) is 4.54. The summed E-state index contributed by atoms with van der Waals surface area (Å²) in [5, 5.41) is 2.59. The molecule has 1 amide bonds. The highest BCUT2D eigenvalue weighted by Gasteiger charge is 2.21. The first kappa shape index (κ1) is 22.6. The molecule has 0 atom stereocenters. The van der Waals surface area contributed by atoms with E-state index in [1.807, 2.05) is 0 Å². The molecule has 0 spiro atoms. The number of nitrogens with zero attached hydrogens (tertiary/aromatic N) is 1. The van der Waals surface area contributed by atoms with Crippen LogP contribution in [0.15, 0.2) is 29.2 Å². The Hall–Kier alpha value is -1.45. The lowest BCUT2D eigenvalue weighted by Gasteiger charge is -2.18. The number of sulfonamides is 1. The fourth-order valence-electron chi connectivity index (χ4n) is 2.38. The number of hydrogen-bond acceptors (Lipinski definition) is 5. The predicted molar refractivity (Wildman–Crippen MR) is 102 cm³/mol. The lowest BCUT2D eigenvalue weighted by Crippen LogP contribution is -2.30. The predicted octanol–water partition coefficient (Wildman–Crippen LogP) is 1.20. The Kier molecular flexibility index (Phi) is 8.72. The molecule has 0 bridgehead atoms. The molecule has 0 unspecified atom stereocenters. The van der Waals surface area contributed by atoms with Crippen molar-refractivity contribution in [2.24, 2.45) is 0 Å². The first-order chi connectivity index (χ1) is 12.2. The summed E-state index contributed by atoms with van der Waals surface area (Å²) >= 11 is 0. The Morgan fingerprint density at radius 3 is 2.08 bits per heavy atom. The molecular weight excluding hydrogens is 376 g/mol. The van der Waals surface area contributed by atoms with Crippen LogP contribution in [0.5, 0.6) is 0 Å². The van der Waals surface area contributed by atoms with Crippen molar-refractivity contribution in [3.8, 4) is 0 Å². The SMILES string of the molecule is CCN(CC)S(=O)(=O)c1ccc(CCC(=O)NCCS(=O)(=O)CC)cc1. The molecule has 9 heteroatoms. The van der Waals surface area contributed by atoms with E-state index < -0.39 is 19.9 Å². The van der Waals surface area contributed by atoms with Crippen LogP contribution in [0.4, 0.5) is 0 Å². The maximum Gasteiger partial charge on any atom is 0.243 e. The van der Waals surface area contributed by atoms with Gasteiger partial charge in [0.05, 0.1) is 10.6 Å². The second-order valence-corrected chi connectivity index (χ2v) is 10.2. The smallest absolute Gasteiger partial charge is 0.243 e. The minimum Gasteiger partial charge on any atom is -0.355 e. The number of carbonyl (C=O) groups is 1. The van der Waals surface area contributed by atoms with Gasteiger partial charge in [0, 0.05) is 31.8 Å². The van der Waals surface area contributed by atoms with Crippen LogP contribution in [0.1, 0.15) is 32.8 Å². The number of carbonyl (C=O) groups excluding carboxylic acids is 1. The average Bonchev–Trinajstić information content (AvgIpc) is 2.61. The van der Waals surface area contributed by atoms with E-state index in [4.69, 9.17) is 0 Å². The third-order valence-electron chi connectivity index (χ3n) is 4.08. The van der Waals surface area contributed by atoms with Crippen molar-refractivity contribution < 1.29 is 21.6 Å². The van der Waals surface area contributed by atoms with Gasteiger partial charge in [-0.3, -0.25) is 4.79 Å². The molecule has 0 saturated carbocycles. The lowest BCUT2D eigenvalue weighted by molar-refractivity contribution is -0.120. The molecule has 0 aliphatic carbocycles. The fraction of sp³-hybridized carbons (Fsp3) is 0.588. The number of aryl methyl sites for hydroxylation is 1. The number of sulfone groups is 1. The first-order valence-electron chi connectivity index (χ1n) is 8.72. The molecule has 0 heterocycles. The zero-order valence-corrected chi connectivity index (χ0v) is 17.2. The standard InChI is InChI=1S/C17H28N2O5S2/c1-4-19(5-2)26(23,24)16-10-7-15(8-11-16)9-12-17(20)18-13-14-25(21,22)6-3/h7-8,10-11H,4-6,9,12-14H2,1-3H3,(H,18,20). The summed E-state index contributed by atoms with van der Waals surface area (Å²) in [6, 6.07) is 6.50. The van der Waals surface area contributed by atoms with E-state index in [2.05, 4.69) is 5.32 Å². The Morgan fingerprint density at radius 1 is 1.00 bits per heavy atom. The largest absolute Gasteiger partial charge is 0.355 e. The summed E-state index contributed by atoms with van der Waals surface area (Å²) in [4.78, 5) is 12.0. The van der Waals surface area contributed by atoms with E-state index in [1.165, 1.54) is 4.31 Å². The molecule has 0 aliphatic rings. The molecule has 1 aromatic carbocycles. The molecule has 0 radical (unpaired) electrons. The van der Waals surface area contributed by atoms with Gasteiger partial charge in [-0.1, -0.05) is 32.9 Å². The van der Waals surface area contributed by atoms with Gasteiger partial charge in [-0.2, -0.15) is 4.31 Å². The van der Waals surface area contributed by atoms with Gasteiger partial charge >= 0.3 is 0 Å². The van der Waals surface area contributed by atoms with Gasteiger partial charge in [-0.05, 0) is 24.1 Å². The topological polar surface area (TPSA) is 101 Å². The van der Waals surface area contributed by atoms with Crippen molar-refractivity contribution in [3.63, 3.8) is 0 Å². The maximum absolute atomic E-state index is 12.4. The average molecular weight is 405 g/mol. The number of nitrogens with one attached hydrogen (secondary N) is 1. The van der Waals surface area contributed by atoms with Crippen LogP contribution in [0.25, 0.3) is 0 Å². The normalized spacial score (nSPS) is 12.3. The van der Waals surface area contributed by atoms with Crippen LogP contribution in [0.2, 0.25) is 0 Å². The van der Waals surface area contributed by atoms with Crippen LogP contribution in [-0.4, -0.2) is 58.2 Å². The molecule has 7 nitrogen and oxygen atoms in total. The summed E-state index contributed by atoms with van der Waals surface area (Å²) in [6.07, 6.45) is 0.673. The summed E-state index contributed by atoms with van der Waals surface area (Å²) in [5.74, 6) is -0.227. The number of hydrogen-bond donors (Lipinski definition) is 1. The van der Waals surface area contributed by atoms with Gasteiger partial charge in [0.1, 0.15) is 0 Å². The van der Waals surface area contributed by atoms with Crippen molar-refractivity contribution in [2.45, 2.75) is 38.5 Å². The molecule has 1 aromatic rings. The first-order valence-corrected chi connectivity index (χ1v) is 12.0. The highest BCUT2D eigenvalue weighted by molar-refractivity contribution is 7.91. The van der Waals surface area contributed by atoms with Crippen LogP contribution in [-0.2, 0) is 31.1 Å². The highest BCUT2D eigenvalue weighted by atomic mass is 32.2. The van der Waals surface area contributed by atoms with Crippen molar-refractivity contribution in [1.82, 2.24) is 9.62 Å². The molecule has 0 fully saturated rings.